The van der Waals surface area contributed by atoms with Crippen molar-refractivity contribution < 1.29 is 27.4 Å². The molecule has 5 aromatic rings. The van der Waals surface area contributed by atoms with Gasteiger partial charge >= 0.3 is 0 Å². The summed E-state index contributed by atoms with van der Waals surface area (Å²) in [6.45, 7) is 0.458. The molecule has 6 rings (SSSR count). The molecule has 2 aromatic carbocycles. The minimum Gasteiger partial charge on any atom is -0.453 e. The normalized spacial score (nSPS) is 16.6. The topological polar surface area (TPSA) is 167 Å². The van der Waals surface area contributed by atoms with Crippen LogP contribution in [0.3, 0.4) is 0 Å². The summed E-state index contributed by atoms with van der Waals surface area (Å²) in [5.41, 5.74) is -0.232. The molecule has 0 radical (unpaired) electrons. The zero-order chi connectivity index (χ0) is 30.1. The van der Waals surface area contributed by atoms with E-state index in [2.05, 4.69) is 30.9 Å². The fraction of sp³-hybridized carbons (Fsp3) is 0.179. The number of aromatic nitrogens is 5. The second-order valence-corrected chi connectivity index (χ2v) is 12.3. The second-order valence-electron chi connectivity index (χ2n) is 9.95. The van der Waals surface area contributed by atoms with Crippen LogP contribution in [0.5, 0.6) is 11.5 Å². The second kappa shape index (κ2) is 11.4. The van der Waals surface area contributed by atoms with E-state index < -0.39 is 33.7 Å². The minimum atomic E-state index is -2.53. The predicted octanol–water partition coefficient (Wildman–Crippen LogP) is 5.01. The van der Waals surface area contributed by atoms with E-state index in [4.69, 9.17) is 4.74 Å². The van der Waals surface area contributed by atoms with Crippen molar-refractivity contribution in [2.75, 3.05) is 28.7 Å². The van der Waals surface area contributed by atoms with Gasteiger partial charge in [-0.15, -0.1) is 0 Å². The van der Waals surface area contributed by atoms with Crippen molar-refractivity contribution >= 4 is 39.0 Å². The number of pyridine rings is 1. The molecule has 15 heteroatoms. The maximum atomic E-state index is 15.2. The van der Waals surface area contributed by atoms with E-state index >= 15 is 4.39 Å². The van der Waals surface area contributed by atoms with Gasteiger partial charge in [0.1, 0.15) is 22.5 Å². The summed E-state index contributed by atoms with van der Waals surface area (Å²) in [5, 5.41) is 17.2. The van der Waals surface area contributed by atoms with E-state index in [0.29, 0.717) is 41.3 Å². The molecule has 1 aliphatic heterocycles. The average Bonchev–Trinajstić information content (AvgIpc) is 3.56. The molecule has 1 amide bonds. The number of aromatic amines is 1. The molecule has 43 heavy (non-hydrogen) atoms. The van der Waals surface area contributed by atoms with Gasteiger partial charge in [0, 0.05) is 48.3 Å². The van der Waals surface area contributed by atoms with Crippen LogP contribution in [0.25, 0.3) is 16.7 Å². The summed E-state index contributed by atoms with van der Waals surface area (Å²) in [7, 11) is -2.53. The molecule has 1 fully saturated rings. The first-order valence-electron chi connectivity index (χ1n) is 13.1. The van der Waals surface area contributed by atoms with E-state index in [1.807, 2.05) is 0 Å². The number of amides is 1. The summed E-state index contributed by atoms with van der Waals surface area (Å²) in [6.07, 6.45) is 3.41. The van der Waals surface area contributed by atoms with Crippen molar-refractivity contribution in [3.63, 3.8) is 0 Å². The zero-order valence-corrected chi connectivity index (χ0v) is 23.1. The number of anilines is 2. The van der Waals surface area contributed by atoms with Gasteiger partial charge in [-0.3, -0.25) is 23.8 Å². The first-order valence-corrected chi connectivity index (χ1v) is 15.0. The van der Waals surface area contributed by atoms with Gasteiger partial charge in [-0.2, -0.15) is 25.5 Å². The van der Waals surface area contributed by atoms with Gasteiger partial charge in [0.25, 0.3) is 11.5 Å². The number of nitrogens with zero attached hydrogens (tertiary/aromatic N) is 4. The molecule has 5 N–H and O–H groups in total. The summed E-state index contributed by atoms with van der Waals surface area (Å²) < 4.78 is 55.1. The largest absolute Gasteiger partial charge is 0.453 e. The predicted molar refractivity (Wildman–Crippen MR) is 157 cm³/mol. The summed E-state index contributed by atoms with van der Waals surface area (Å²) in [4.78, 5) is 30.0. The van der Waals surface area contributed by atoms with Gasteiger partial charge in [-0.25, -0.2) is 13.8 Å². The molecule has 0 spiro atoms. The SMILES string of the molecule is O=C(Nc1ccc(Oc2ccnc3[nH]nc(NCC4CCS(O)(O)C4)c23)c(F)c1)c1ccnn(-c2ccc(F)cc2)c1=O. The van der Waals surface area contributed by atoms with Crippen LogP contribution < -0.4 is 20.9 Å². The number of ether oxygens (including phenoxy) is 1. The number of hydrogen-bond acceptors (Lipinski definition) is 9. The number of carbonyl (C=O) groups is 1. The Labute approximate surface area is 244 Å². The molecular formula is C28H25F2N7O5S. The third-order valence-electron chi connectivity index (χ3n) is 6.91. The van der Waals surface area contributed by atoms with Crippen molar-refractivity contribution in [3.05, 3.63) is 94.5 Å². The minimum absolute atomic E-state index is 0.0657. The van der Waals surface area contributed by atoms with E-state index in [-0.39, 0.29) is 34.4 Å². The highest BCUT2D eigenvalue weighted by molar-refractivity contribution is 8.24. The highest BCUT2D eigenvalue weighted by atomic mass is 32.3. The number of rotatable bonds is 8. The molecule has 222 valence electrons. The van der Waals surface area contributed by atoms with Gasteiger partial charge in [0.05, 0.1) is 5.69 Å². The Hall–Kier alpha value is -4.86. The van der Waals surface area contributed by atoms with Gasteiger partial charge in [0.15, 0.2) is 23.0 Å². The Morgan fingerprint density at radius 1 is 1.09 bits per heavy atom. The number of H-pyrrole nitrogens is 1. The molecule has 3 aromatic heterocycles. The lowest BCUT2D eigenvalue weighted by molar-refractivity contribution is 0.102. The first kappa shape index (κ1) is 28.3. The molecule has 4 heterocycles. The molecule has 12 nitrogen and oxygen atoms in total. The number of carbonyl (C=O) groups excluding carboxylic acids is 1. The number of hydrogen-bond donors (Lipinski definition) is 5. The Kier molecular flexibility index (Phi) is 7.52. The lowest BCUT2D eigenvalue weighted by Crippen LogP contribution is -2.29. The van der Waals surface area contributed by atoms with Crippen LogP contribution in [0.2, 0.25) is 0 Å². The summed E-state index contributed by atoms with van der Waals surface area (Å²) in [5.74, 6) is -0.730. The number of nitrogens with one attached hydrogen (secondary N) is 3. The molecule has 0 bridgehead atoms. The first-order chi connectivity index (χ1) is 20.7. The maximum Gasteiger partial charge on any atom is 0.284 e. The van der Waals surface area contributed by atoms with Crippen molar-refractivity contribution in [1.29, 1.82) is 0 Å². The summed E-state index contributed by atoms with van der Waals surface area (Å²) in [6, 6.07) is 11.6. The maximum absolute atomic E-state index is 15.2. The van der Waals surface area contributed by atoms with Gasteiger partial charge < -0.3 is 15.4 Å². The molecule has 1 unspecified atom stereocenters. The Balaban J connectivity index is 1.18. The highest BCUT2D eigenvalue weighted by Crippen LogP contribution is 2.48. The Bertz CT molecular complexity index is 1880. The average molecular weight is 610 g/mol. The van der Waals surface area contributed by atoms with Crippen LogP contribution in [0.4, 0.5) is 20.3 Å². The van der Waals surface area contributed by atoms with Crippen molar-refractivity contribution in [2.45, 2.75) is 6.42 Å². The van der Waals surface area contributed by atoms with Crippen LogP contribution in [0, 0.1) is 17.6 Å². The third kappa shape index (κ3) is 6.04. The number of benzene rings is 2. The van der Waals surface area contributed by atoms with Crippen molar-refractivity contribution in [2.24, 2.45) is 5.92 Å². The molecule has 1 aliphatic rings. The van der Waals surface area contributed by atoms with Gasteiger partial charge in [0.2, 0.25) is 0 Å². The van der Waals surface area contributed by atoms with Gasteiger partial charge in [-0.05, 0) is 54.8 Å². The quantitative estimate of drug-likeness (QED) is 0.162. The molecule has 0 saturated carbocycles. The fourth-order valence-electron chi connectivity index (χ4n) is 4.77. The van der Waals surface area contributed by atoms with Crippen LogP contribution in [-0.2, 0) is 0 Å². The van der Waals surface area contributed by atoms with E-state index in [1.54, 1.807) is 6.07 Å². The standard InChI is InChI=1S/C28H25F2N7O5S/c29-17-1-4-19(5-2-17)37-28(39)20(7-11-33-37)27(38)34-18-3-6-22(21(30)13-18)42-23-8-10-31-25-24(23)26(36-35-25)32-14-16-9-12-43(40,41)15-16/h1-8,10-11,13,16,40-41H,9,12,14-15H2,(H,34,38)(H2,31,32,35,36). The van der Waals surface area contributed by atoms with Crippen molar-refractivity contribution in [1.82, 2.24) is 25.0 Å². The third-order valence-corrected chi connectivity index (χ3v) is 8.80. The Morgan fingerprint density at radius 3 is 2.65 bits per heavy atom. The van der Waals surface area contributed by atoms with Crippen molar-refractivity contribution in [3.8, 4) is 17.2 Å². The van der Waals surface area contributed by atoms with Crippen LogP contribution in [0.15, 0.2) is 71.8 Å². The monoisotopic (exact) mass is 609 g/mol. The molecule has 1 saturated heterocycles. The zero-order valence-electron chi connectivity index (χ0n) is 22.3. The van der Waals surface area contributed by atoms with E-state index in [1.165, 1.54) is 54.9 Å². The molecule has 1 atom stereocenters. The molecular weight excluding hydrogens is 584 g/mol. The van der Waals surface area contributed by atoms with Crippen LogP contribution >= 0.6 is 10.6 Å². The lowest BCUT2D eigenvalue weighted by atomic mass is 10.1. The lowest BCUT2D eigenvalue weighted by Gasteiger charge is -2.26. The smallest absolute Gasteiger partial charge is 0.284 e. The van der Waals surface area contributed by atoms with Crippen LogP contribution in [-0.4, -0.2) is 58.0 Å². The van der Waals surface area contributed by atoms with Gasteiger partial charge in [-0.1, -0.05) is 0 Å². The fourth-order valence-corrected chi connectivity index (χ4v) is 6.68. The van der Waals surface area contributed by atoms with Crippen LogP contribution in [0.1, 0.15) is 16.8 Å². The highest BCUT2D eigenvalue weighted by Gasteiger charge is 2.28. The molecule has 0 aliphatic carbocycles. The van der Waals surface area contributed by atoms with E-state index in [9.17, 15) is 23.1 Å². The van der Waals surface area contributed by atoms with E-state index in [0.717, 1.165) is 10.7 Å². The number of fused-ring (bicyclic) bond motifs is 1. The summed E-state index contributed by atoms with van der Waals surface area (Å²) >= 11 is 0. The number of halogens is 2. The Morgan fingerprint density at radius 2 is 1.91 bits per heavy atom.